The number of rotatable bonds is 3. The zero-order valence-electron chi connectivity index (χ0n) is 19.0. The second-order valence-electron chi connectivity index (χ2n) is 8.77. The van der Waals surface area contributed by atoms with Crippen LogP contribution in [0, 0.1) is 13.8 Å². The Hall–Kier alpha value is -2.25. The normalized spacial score (nSPS) is 28.8. The molecule has 35 heavy (non-hydrogen) atoms. The molecule has 2 aliphatic heterocycles. The van der Waals surface area contributed by atoms with E-state index in [0.717, 1.165) is 30.9 Å². The van der Waals surface area contributed by atoms with Crippen LogP contribution in [-0.4, -0.2) is 55.8 Å². The Kier molecular flexibility index (Phi) is 5.96. The van der Waals surface area contributed by atoms with E-state index in [-0.39, 0.29) is 6.61 Å². The summed E-state index contributed by atoms with van der Waals surface area (Å²) in [4.78, 5) is 9.17. The van der Waals surface area contributed by atoms with Gasteiger partial charge < -0.3 is 25.1 Å². The van der Waals surface area contributed by atoms with Crippen molar-refractivity contribution >= 4 is 37.5 Å². The maximum absolute atomic E-state index is 11.2. The molecule has 0 aliphatic carbocycles. The van der Waals surface area contributed by atoms with Crippen molar-refractivity contribution in [2.24, 2.45) is 5.73 Å². The molecule has 9 nitrogen and oxygen atoms in total. The molecule has 3 N–H and O–H groups in total. The number of aliphatic hydroxyl groups excluding tert-OH is 1. The fourth-order valence-corrected chi connectivity index (χ4v) is 6.01. The van der Waals surface area contributed by atoms with Crippen LogP contribution in [0.25, 0.3) is 15.9 Å². The molecule has 0 radical (unpaired) electrons. The molecule has 0 saturated carbocycles. The average molecular weight is 558 g/mol. The van der Waals surface area contributed by atoms with Crippen molar-refractivity contribution in [1.29, 1.82) is 0 Å². The zero-order valence-corrected chi connectivity index (χ0v) is 21.4. The van der Waals surface area contributed by atoms with Gasteiger partial charge in [0.2, 0.25) is 0 Å². The van der Waals surface area contributed by atoms with Gasteiger partial charge in [0, 0.05) is 10.0 Å². The molecule has 0 spiro atoms. The minimum atomic E-state index is -1.05. The molecule has 182 valence electrons. The summed E-state index contributed by atoms with van der Waals surface area (Å²) in [6.45, 7) is 4.06. The lowest BCUT2D eigenvalue weighted by Crippen LogP contribution is -2.62. The van der Waals surface area contributed by atoms with Crippen LogP contribution in [-0.2, 0) is 14.2 Å². The van der Waals surface area contributed by atoms with Gasteiger partial charge in [-0.25, -0.2) is 14.6 Å². The minimum absolute atomic E-state index is 0.282. The molecule has 2 fully saturated rings. The van der Waals surface area contributed by atoms with Crippen molar-refractivity contribution in [2.75, 3.05) is 6.61 Å². The van der Waals surface area contributed by atoms with Crippen molar-refractivity contribution in [1.82, 2.24) is 19.7 Å². The van der Waals surface area contributed by atoms with Gasteiger partial charge in [-0.1, -0.05) is 30.3 Å². The molecule has 2 aliphatic rings. The number of aromatic nitrogens is 4. The lowest BCUT2D eigenvalue weighted by Gasteiger charge is -2.46. The first kappa shape index (κ1) is 23.2. The van der Waals surface area contributed by atoms with Crippen LogP contribution in [0.3, 0.4) is 0 Å². The Balaban J connectivity index is 1.32. The van der Waals surface area contributed by atoms with E-state index in [2.05, 4.69) is 31.0 Å². The number of nitrogens with two attached hydrogens (primary N) is 1. The molecule has 11 heteroatoms. The van der Waals surface area contributed by atoms with Gasteiger partial charge >= 0.3 is 0 Å². The van der Waals surface area contributed by atoms with Gasteiger partial charge in [0.1, 0.15) is 30.2 Å². The highest BCUT2D eigenvalue weighted by atomic mass is 79.9. The molecule has 3 unspecified atom stereocenters. The van der Waals surface area contributed by atoms with Crippen molar-refractivity contribution in [3.05, 3.63) is 69.2 Å². The summed E-state index contributed by atoms with van der Waals surface area (Å²) in [5.74, 6) is 1.02. The Morgan fingerprint density at radius 2 is 1.94 bits per heavy atom. The Labute approximate surface area is 214 Å². The zero-order chi connectivity index (χ0) is 24.3. The first-order valence-corrected chi connectivity index (χ1v) is 12.9. The number of hydrogen-bond donors (Lipinski definition) is 2. The van der Waals surface area contributed by atoms with E-state index in [4.69, 9.17) is 19.9 Å². The maximum Gasteiger partial charge on any atom is 0.184 e. The molecule has 4 heterocycles. The average Bonchev–Trinajstić information content (AvgIpc) is 3.41. The van der Waals surface area contributed by atoms with E-state index in [1.54, 1.807) is 22.9 Å². The molecule has 4 aromatic rings. The molecular weight excluding hydrogens is 534 g/mol. The van der Waals surface area contributed by atoms with Crippen LogP contribution in [0.4, 0.5) is 0 Å². The van der Waals surface area contributed by atoms with Gasteiger partial charge in [-0.3, -0.25) is 0 Å². The number of aliphatic hydroxyl groups is 1. The fraction of sp³-hybridized carbons (Fsp3) is 0.375. The monoisotopic (exact) mass is 557 g/mol. The number of nitrogens with zero attached hydrogens (tertiary/aromatic N) is 4. The summed E-state index contributed by atoms with van der Waals surface area (Å²) in [6, 6.07) is 12.9. The third kappa shape index (κ3) is 4.10. The Morgan fingerprint density at radius 3 is 2.74 bits per heavy atom. The van der Waals surface area contributed by atoms with Gasteiger partial charge in [-0.2, -0.15) is 5.10 Å². The predicted octanol–water partition coefficient (Wildman–Crippen LogP) is 3.50. The first-order chi connectivity index (χ1) is 16.9. The molecular formula is C24H24BrN5O4S. The molecule has 6 atom stereocenters. The second kappa shape index (κ2) is 9.00. The van der Waals surface area contributed by atoms with Crippen molar-refractivity contribution in [3.8, 4) is 5.69 Å². The van der Waals surface area contributed by atoms with E-state index in [9.17, 15) is 5.11 Å². The van der Waals surface area contributed by atoms with Crippen molar-refractivity contribution in [3.63, 3.8) is 0 Å². The number of hydrogen-bond acceptors (Lipinski definition) is 9. The summed E-state index contributed by atoms with van der Waals surface area (Å²) in [5, 5.41) is 16.8. The number of aryl methyl sites for hydroxylation is 2. The molecule has 2 aromatic carbocycles. The smallest absolute Gasteiger partial charge is 0.184 e. The largest absolute Gasteiger partial charge is 0.388 e. The lowest BCUT2D eigenvalue weighted by molar-refractivity contribution is -0.309. The van der Waals surface area contributed by atoms with E-state index in [0.29, 0.717) is 11.6 Å². The maximum atomic E-state index is 11.2. The highest BCUT2D eigenvalue weighted by molar-refractivity contribution is 9.10. The predicted molar refractivity (Wildman–Crippen MR) is 133 cm³/mol. The summed E-state index contributed by atoms with van der Waals surface area (Å²) >= 11 is 5.25. The van der Waals surface area contributed by atoms with Crippen LogP contribution >= 0.6 is 27.3 Å². The molecule has 6 rings (SSSR count). The van der Waals surface area contributed by atoms with Crippen molar-refractivity contribution < 1.29 is 19.3 Å². The lowest BCUT2D eigenvalue weighted by atomic mass is 9.92. The number of halogens is 1. The quantitative estimate of drug-likeness (QED) is 0.393. The highest BCUT2D eigenvalue weighted by Crippen LogP contribution is 2.39. The van der Waals surface area contributed by atoms with E-state index in [1.807, 2.05) is 49.4 Å². The molecule has 0 bridgehead atoms. The fourth-order valence-electron chi connectivity index (χ4n) is 4.67. The molecule has 0 amide bonds. The van der Waals surface area contributed by atoms with Gasteiger partial charge in [0.15, 0.2) is 12.1 Å². The van der Waals surface area contributed by atoms with Crippen LogP contribution in [0.15, 0.2) is 46.9 Å². The highest BCUT2D eigenvalue weighted by Gasteiger charge is 2.49. The van der Waals surface area contributed by atoms with E-state index in [1.165, 1.54) is 0 Å². The van der Waals surface area contributed by atoms with Crippen molar-refractivity contribution in [2.45, 2.75) is 50.6 Å². The standard InChI is InChI=1S/C24H24BrN5O4S/c1-11-27-23(30(29-11)16-9-18-15(8-14(16)25)28-12(2)35-18)22-20(31)19(26)21-17(33-22)10-32-24(34-21)13-6-4-3-5-7-13/h3-9,17,19-22,24,31H,10,26H2,1-2H3/t17?,19-,20?,21+,22-,24?/m1/s1. The summed E-state index contributed by atoms with van der Waals surface area (Å²) in [7, 11) is 0. The number of ether oxygens (including phenoxy) is 3. The van der Waals surface area contributed by atoms with Crippen LogP contribution in [0.5, 0.6) is 0 Å². The minimum Gasteiger partial charge on any atom is -0.388 e. The van der Waals surface area contributed by atoms with Gasteiger partial charge in [-0.15, -0.1) is 11.3 Å². The SMILES string of the molecule is Cc1nc([C@@H]2OC3COC(c4ccccc4)O[C@@H]3[C@H](N)C2O)n(-c2cc3sc(C)nc3cc2Br)n1. The number of thiazole rings is 1. The second-order valence-corrected chi connectivity index (χ2v) is 10.9. The third-order valence-electron chi connectivity index (χ3n) is 6.32. The summed E-state index contributed by atoms with van der Waals surface area (Å²) in [5.41, 5.74) is 9.10. The van der Waals surface area contributed by atoms with Gasteiger partial charge in [0.25, 0.3) is 0 Å². The molecule has 2 aromatic heterocycles. The topological polar surface area (TPSA) is 118 Å². The van der Waals surface area contributed by atoms with E-state index < -0.39 is 36.7 Å². The Bertz CT molecular complexity index is 1380. The third-order valence-corrected chi connectivity index (χ3v) is 7.89. The summed E-state index contributed by atoms with van der Waals surface area (Å²) in [6.07, 6.45) is -3.41. The Morgan fingerprint density at radius 1 is 1.14 bits per heavy atom. The van der Waals surface area contributed by atoms with Gasteiger partial charge in [-0.05, 0) is 41.9 Å². The number of benzene rings is 2. The van der Waals surface area contributed by atoms with Crippen LogP contribution < -0.4 is 5.73 Å². The van der Waals surface area contributed by atoms with Crippen LogP contribution in [0.1, 0.15) is 34.6 Å². The first-order valence-electron chi connectivity index (χ1n) is 11.3. The summed E-state index contributed by atoms with van der Waals surface area (Å²) < 4.78 is 22.0. The van der Waals surface area contributed by atoms with Crippen LogP contribution in [0.2, 0.25) is 0 Å². The van der Waals surface area contributed by atoms with Gasteiger partial charge in [0.05, 0.1) is 33.6 Å². The van der Waals surface area contributed by atoms with E-state index >= 15 is 0 Å². The molecule has 2 saturated heterocycles. The number of fused-ring (bicyclic) bond motifs is 2.